The minimum absolute atomic E-state index is 0.0122. The smallest absolute Gasteiger partial charge is 0.275 e. The Bertz CT molecular complexity index is 785. The maximum Gasteiger partial charge on any atom is 0.275 e. The van der Waals surface area contributed by atoms with Gasteiger partial charge in [-0.25, -0.2) is 9.97 Å². The number of methoxy groups -OCH3 is 3. The zero-order valence-electron chi connectivity index (χ0n) is 17.1. The van der Waals surface area contributed by atoms with Crippen LogP contribution in [-0.2, 0) is 11.3 Å². The summed E-state index contributed by atoms with van der Waals surface area (Å²) in [7, 11) is 4.71. The van der Waals surface area contributed by atoms with Gasteiger partial charge in [0.15, 0.2) is 18.0 Å². The number of amides is 1. The van der Waals surface area contributed by atoms with Gasteiger partial charge in [-0.15, -0.1) is 0 Å². The standard InChI is InChI=1S/C20H27N5O4/c1-27-16-11-15(12-17(28-2)19(16)29-3)13-23-18(26)14-24-7-9-25(10-8-24)20-21-5-4-6-22-20/h4-6,11-12H,7-10,13-14H2,1-3H3,(H,23,26)/p+1. The lowest BCUT2D eigenvalue weighted by atomic mass is 10.1. The van der Waals surface area contributed by atoms with E-state index in [0.29, 0.717) is 30.3 Å². The summed E-state index contributed by atoms with van der Waals surface area (Å²) in [6.07, 6.45) is 3.50. The second kappa shape index (κ2) is 9.92. The number of ether oxygens (including phenoxy) is 3. The van der Waals surface area contributed by atoms with Crippen molar-refractivity contribution in [3.05, 3.63) is 36.2 Å². The lowest BCUT2D eigenvalue weighted by Gasteiger charge is -2.31. The number of quaternary nitrogens is 1. The summed E-state index contributed by atoms with van der Waals surface area (Å²) in [6.45, 7) is 4.24. The topological polar surface area (TPSA) is 90.2 Å². The molecule has 29 heavy (non-hydrogen) atoms. The van der Waals surface area contributed by atoms with Crippen LogP contribution in [0.5, 0.6) is 17.2 Å². The quantitative estimate of drug-likeness (QED) is 0.617. The van der Waals surface area contributed by atoms with Crippen molar-refractivity contribution in [2.24, 2.45) is 0 Å². The van der Waals surface area contributed by atoms with Gasteiger partial charge in [0.25, 0.3) is 5.91 Å². The van der Waals surface area contributed by atoms with Gasteiger partial charge in [0, 0.05) is 18.9 Å². The van der Waals surface area contributed by atoms with E-state index >= 15 is 0 Å². The highest BCUT2D eigenvalue weighted by molar-refractivity contribution is 5.76. The lowest BCUT2D eigenvalue weighted by molar-refractivity contribution is -0.892. The van der Waals surface area contributed by atoms with Crippen molar-refractivity contribution in [1.82, 2.24) is 15.3 Å². The molecule has 0 bridgehead atoms. The Hall–Kier alpha value is -3.07. The van der Waals surface area contributed by atoms with Crippen molar-refractivity contribution >= 4 is 11.9 Å². The number of rotatable bonds is 8. The number of carbonyl (C=O) groups excluding carboxylic acids is 1. The molecule has 1 amide bonds. The van der Waals surface area contributed by atoms with E-state index in [-0.39, 0.29) is 5.91 Å². The number of carbonyl (C=O) groups is 1. The molecule has 0 aliphatic carbocycles. The van der Waals surface area contributed by atoms with Crippen LogP contribution < -0.4 is 29.3 Å². The van der Waals surface area contributed by atoms with Crippen LogP contribution in [0.1, 0.15) is 5.56 Å². The minimum Gasteiger partial charge on any atom is -0.493 e. The summed E-state index contributed by atoms with van der Waals surface area (Å²) in [5.74, 6) is 2.44. The second-order valence-corrected chi connectivity index (χ2v) is 6.77. The Morgan fingerprint density at radius 2 is 1.69 bits per heavy atom. The average molecular weight is 402 g/mol. The number of anilines is 1. The highest BCUT2D eigenvalue weighted by Gasteiger charge is 2.23. The Kier molecular flexibility index (Phi) is 7.07. The van der Waals surface area contributed by atoms with Crippen LogP contribution in [-0.4, -0.2) is 69.9 Å². The fourth-order valence-electron chi connectivity index (χ4n) is 3.38. The molecule has 1 fully saturated rings. The van der Waals surface area contributed by atoms with Gasteiger partial charge in [-0.1, -0.05) is 0 Å². The second-order valence-electron chi connectivity index (χ2n) is 6.77. The van der Waals surface area contributed by atoms with Gasteiger partial charge in [-0.2, -0.15) is 0 Å². The highest BCUT2D eigenvalue weighted by atomic mass is 16.5. The van der Waals surface area contributed by atoms with Crippen molar-refractivity contribution in [3.63, 3.8) is 0 Å². The zero-order chi connectivity index (χ0) is 20.6. The first-order chi connectivity index (χ1) is 14.1. The van der Waals surface area contributed by atoms with E-state index in [2.05, 4.69) is 20.2 Å². The molecule has 0 spiro atoms. The fourth-order valence-corrected chi connectivity index (χ4v) is 3.38. The van der Waals surface area contributed by atoms with E-state index in [0.717, 1.165) is 37.7 Å². The number of nitrogens with one attached hydrogen (secondary N) is 2. The highest BCUT2D eigenvalue weighted by Crippen LogP contribution is 2.38. The average Bonchev–Trinajstić information content (AvgIpc) is 2.78. The van der Waals surface area contributed by atoms with E-state index in [1.54, 1.807) is 33.7 Å². The zero-order valence-corrected chi connectivity index (χ0v) is 17.1. The van der Waals surface area contributed by atoms with Gasteiger partial charge in [-0.3, -0.25) is 4.79 Å². The molecule has 1 aromatic heterocycles. The van der Waals surface area contributed by atoms with Crippen molar-refractivity contribution in [2.75, 3.05) is 59.0 Å². The molecule has 9 heteroatoms. The number of benzene rings is 1. The van der Waals surface area contributed by atoms with Crippen molar-refractivity contribution in [3.8, 4) is 17.2 Å². The Labute approximate surface area is 170 Å². The van der Waals surface area contributed by atoms with Gasteiger partial charge >= 0.3 is 0 Å². The van der Waals surface area contributed by atoms with E-state index in [1.165, 1.54) is 4.90 Å². The molecule has 0 atom stereocenters. The number of aromatic nitrogens is 2. The number of hydrogen-bond acceptors (Lipinski definition) is 7. The van der Waals surface area contributed by atoms with Crippen LogP contribution in [0, 0.1) is 0 Å². The van der Waals surface area contributed by atoms with Gasteiger partial charge in [0.1, 0.15) is 0 Å². The third kappa shape index (κ3) is 5.26. The summed E-state index contributed by atoms with van der Waals surface area (Å²) in [6, 6.07) is 5.49. The summed E-state index contributed by atoms with van der Waals surface area (Å²) < 4.78 is 16.0. The lowest BCUT2D eigenvalue weighted by Crippen LogP contribution is -3.16. The Morgan fingerprint density at radius 1 is 1.07 bits per heavy atom. The molecule has 1 aromatic carbocycles. The van der Waals surface area contributed by atoms with E-state index in [4.69, 9.17) is 14.2 Å². The van der Waals surface area contributed by atoms with Crippen LogP contribution >= 0.6 is 0 Å². The monoisotopic (exact) mass is 402 g/mol. The minimum atomic E-state index is 0.0122. The first-order valence-corrected chi connectivity index (χ1v) is 9.55. The number of nitrogens with zero attached hydrogens (tertiary/aromatic N) is 3. The Balaban J connectivity index is 1.49. The molecule has 2 heterocycles. The normalized spacial score (nSPS) is 14.4. The van der Waals surface area contributed by atoms with Crippen molar-refractivity contribution < 1.29 is 23.9 Å². The molecule has 9 nitrogen and oxygen atoms in total. The summed E-state index contributed by atoms with van der Waals surface area (Å²) >= 11 is 0. The third-order valence-electron chi connectivity index (χ3n) is 4.93. The summed E-state index contributed by atoms with van der Waals surface area (Å²) in [5.41, 5.74) is 0.883. The van der Waals surface area contributed by atoms with Crippen LogP contribution in [0.2, 0.25) is 0 Å². The largest absolute Gasteiger partial charge is 0.493 e. The first-order valence-electron chi connectivity index (χ1n) is 9.55. The fraction of sp³-hybridized carbons (Fsp3) is 0.450. The van der Waals surface area contributed by atoms with Gasteiger partial charge < -0.3 is 29.3 Å². The molecule has 0 saturated carbocycles. The molecule has 2 aromatic rings. The number of piperazine rings is 1. The SMILES string of the molecule is COc1cc(CNC(=O)C[NH+]2CCN(c3ncccn3)CC2)cc(OC)c1OC. The van der Waals surface area contributed by atoms with Gasteiger partial charge in [-0.05, 0) is 23.8 Å². The van der Waals surface area contributed by atoms with Crippen LogP contribution in [0.25, 0.3) is 0 Å². The van der Waals surface area contributed by atoms with E-state index in [9.17, 15) is 4.79 Å². The molecule has 1 aliphatic rings. The summed E-state index contributed by atoms with van der Waals surface area (Å²) in [4.78, 5) is 24.4. The predicted octanol–water partition coefficient (Wildman–Crippen LogP) is -0.476. The van der Waals surface area contributed by atoms with Gasteiger partial charge in [0.05, 0.1) is 47.5 Å². The first kappa shape index (κ1) is 20.7. The van der Waals surface area contributed by atoms with Crippen molar-refractivity contribution in [1.29, 1.82) is 0 Å². The van der Waals surface area contributed by atoms with Crippen molar-refractivity contribution in [2.45, 2.75) is 6.54 Å². The predicted molar refractivity (Wildman–Crippen MR) is 108 cm³/mol. The van der Waals surface area contributed by atoms with Crippen LogP contribution in [0.4, 0.5) is 5.95 Å². The number of hydrogen-bond donors (Lipinski definition) is 2. The summed E-state index contributed by atoms with van der Waals surface area (Å²) in [5, 5.41) is 2.98. The molecule has 1 saturated heterocycles. The maximum absolute atomic E-state index is 12.4. The van der Waals surface area contributed by atoms with E-state index < -0.39 is 0 Å². The van der Waals surface area contributed by atoms with E-state index in [1.807, 2.05) is 18.2 Å². The van der Waals surface area contributed by atoms with Gasteiger partial charge in [0.2, 0.25) is 11.7 Å². The molecule has 3 rings (SSSR count). The third-order valence-corrected chi connectivity index (χ3v) is 4.93. The molecule has 1 aliphatic heterocycles. The molecule has 0 radical (unpaired) electrons. The van der Waals surface area contributed by atoms with Crippen LogP contribution in [0.3, 0.4) is 0 Å². The molecule has 0 unspecified atom stereocenters. The molecular formula is C20H28N5O4+. The molecule has 156 valence electrons. The Morgan fingerprint density at radius 3 is 2.24 bits per heavy atom. The van der Waals surface area contributed by atoms with Crippen LogP contribution in [0.15, 0.2) is 30.6 Å². The molecule has 2 N–H and O–H groups in total. The maximum atomic E-state index is 12.4. The molecular weight excluding hydrogens is 374 g/mol.